The molecule has 1 aliphatic carbocycles. The Hall–Kier alpha value is -2.24. The maximum Gasteiger partial charge on any atom is 0.303 e. The topological polar surface area (TPSA) is 84.9 Å². The zero-order valence-corrected chi connectivity index (χ0v) is 13.5. The molecule has 2 N–H and O–H groups in total. The second kappa shape index (κ2) is 7.85. The first-order chi connectivity index (χ1) is 11.0. The average molecular weight is 321 g/mol. The summed E-state index contributed by atoms with van der Waals surface area (Å²) < 4.78 is 10.9. The smallest absolute Gasteiger partial charge is 0.303 e. The van der Waals surface area contributed by atoms with Crippen molar-refractivity contribution >= 4 is 11.9 Å². The lowest BCUT2D eigenvalue weighted by atomic mass is 10.1. The summed E-state index contributed by atoms with van der Waals surface area (Å²) in [6, 6.07) is 5.08. The molecule has 6 heteroatoms. The highest BCUT2D eigenvalue weighted by atomic mass is 16.5. The van der Waals surface area contributed by atoms with Crippen molar-refractivity contribution in [2.24, 2.45) is 11.8 Å². The van der Waals surface area contributed by atoms with Gasteiger partial charge in [-0.15, -0.1) is 0 Å². The Kier molecular flexibility index (Phi) is 5.84. The third-order valence-corrected chi connectivity index (χ3v) is 3.74. The van der Waals surface area contributed by atoms with Crippen LogP contribution in [0.1, 0.15) is 36.5 Å². The lowest BCUT2D eigenvalue weighted by Gasteiger charge is -2.14. The molecule has 0 aliphatic heterocycles. The van der Waals surface area contributed by atoms with E-state index in [0.717, 1.165) is 12.8 Å². The van der Waals surface area contributed by atoms with Gasteiger partial charge in [-0.05, 0) is 36.8 Å². The second-order valence-corrected chi connectivity index (χ2v) is 6.03. The first-order valence-electron chi connectivity index (χ1n) is 7.80. The van der Waals surface area contributed by atoms with E-state index in [-0.39, 0.29) is 18.2 Å². The van der Waals surface area contributed by atoms with Crippen molar-refractivity contribution in [1.29, 1.82) is 0 Å². The second-order valence-electron chi connectivity index (χ2n) is 6.03. The van der Waals surface area contributed by atoms with Crippen molar-refractivity contribution in [2.45, 2.75) is 26.2 Å². The highest BCUT2D eigenvalue weighted by Gasteiger charge is 2.23. The maximum atomic E-state index is 12.3. The molecule has 1 amide bonds. The lowest BCUT2D eigenvalue weighted by Crippen LogP contribution is -2.29. The molecule has 0 heterocycles. The van der Waals surface area contributed by atoms with Crippen molar-refractivity contribution in [2.75, 3.05) is 20.3 Å². The lowest BCUT2D eigenvalue weighted by molar-refractivity contribution is -0.137. The molecule has 1 unspecified atom stereocenters. The largest absolute Gasteiger partial charge is 0.497 e. The normalized spacial score (nSPS) is 14.9. The SMILES string of the molecule is COc1ccc(C(=O)NCC(C)CC(=O)O)c(OCC2CC2)c1. The number of methoxy groups -OCH3 is 1. The van der Waals surface area contributed by atoms with Crippen LogP contribution in [-0.4, -0.2) is 37.2 Å². The van der Waals surface area contributed by atoms with Crippen LogP contribution in [0.2, 0.25) is 0 Å². The molecule has 1 fully saturated rings. The van der Waals surface area contributed by atoms with Gasteiger partial charge in [-0.1, -0.05) is 6.92 Å². The summed E-state index contributed by atoms with van der Waals surface area (Å²) in [4.78, 5) is 23.0. The van der Waals surface area contributed by atoms with Crippen LogP contribution in [0.25, 0.3) is 0 Å². The van der Waals surface area contributed by atoms with Gasteiger partial charge in [-0.25, -0.2) is 0 Å². The molecule has 126 valence electrons. The van der Waals surface area contributed by atoms with Crippen LogP contribution >= 0.6 is 0 Å². The summed E-state index contributed by atoms with van der Waals surface area (Å²) in [6.07, 6.45) is 2.35. The van der Waals surface area contributed by atoms with Crippen molar-refractivity contribution < 1.29 is 24.2 Å². The van der Waals surface area contributed by atoms with E-state index in [0.29, 0.717) is 36.1 Å². The van der Waals surface area contributed by atoms with Crippen LogP contribution in [0.4, 0.5) is 0 Å². The minimum Gasteiger partial charge on any atom is -0.497 e. The van der Waals surface area contributed by atoms with Crippen LogP contribution in [0.3, 0.4) is 0 Å². The standard InChI is InChI=1S/C17H23NO5/c1-11(7-16(19)20)9-18-17(21)14-6-5-13(22-2)8-15(14)23-10-12-3-4-12/h5-6,8,11-12H,3-4,7,9-10H2,1-2H3,(H,18,21)(H,19,20). The van der Waals surface area contributed by atoms with Crippen molar-refractivity contribution in [3.63, 3.8) is 0 Å². The quantitative estimate of drug-likeness (QED) is 0.729. The van der Waals surface area contributed by atoms with Gasteiger partial charge < -0.3 is 19.9 Å². The van der Waals surface area contributed by atoms with Crippen LogP contribution in [0.5, 0.6) is 11.5 Å². The van der Waals surface area contributed by atoms with Gasteiger partial charge in [0.15, 0.2) is 0 Å². The minimum absolute atomic E-state index is 0.0218. The summed E-state index contributed by atoms with van der Waals surface area (Å²) >= 11 is 0. The van der Waals surface area contributed by atoms with E-state index in [1.54, 1.807) is 32.2 Å². The molecule has 0 saturated heterocycles. The number of hydrogen-bond donors (Lipinski definition) is 2. The van der Waals surface area contributed by atoms with Gasteiger partial charge in [0.2, 0.25) is 0 Å². The van der Waals surface area contributed by atoms with E-state index in [1.165, 1.54) is 0 Å². The third-order valence-electron chi connectivity index (χ3n) is 3.74. The molecule has 0 radical (unpaired) electrons. The number of carbonyl (C=O) groups excluding carboxylic acids is 1. The zero-order chi connectivity index (χ0) is 16.8. The van der Waals surface area contributed by atoms with Gasteiger partial charge in [-0.2, -0.15) is 0 Å². The van der Waals surface area contributed by atoms with Crippen LogP contribution in [0, 0.1) is 11.8 Å². The number of amides is 1. The number of ether oxygens (including phenoxy) is 2. The van der Waals surface area contributed by atoms with Gasteiger partial charge >= 0.3 is 5.97 Å². The molecule has 0 spiro atoms. The average Bonchev–Trinajstić information content (AvgIpc) is 3.34. The summed E-state index contributed by atoms with van der Waals surface area (Å²) in [7, 11) is 1.56. The van der Waals surface area contributed by atoms with E-state index in [4.69, 9.17) is 14.6 Å². The summed E-state index contributed by atoms with van der Waals surface area (Å²) in [6.45, 7) is 2.69. The minimum atomic E-state index is -0.871. The van der Waals surface area contributed by atoms with Gasteiger partial charge in [0.25, 0.3) is 5.91 Å². The predicted octanol–water partition coefficient (Wildman–Crippen LogP) is 2.32. The highest BCUT2D eigenvalue weighted by Crippen LogP contribution is 2.31. The molecule has 23 heavy (non-hydrogen) atoms. The van der Waals surface area contributed by atoms with Crippen LogP contribution in [0.15, 0.2) is 18.2 Å². The predicted molar refractivity (Wildman–Crippen MR) is 85.0 cm³/mol. The Bertz CT molecular complexity index is 568. The summed E-state index contributed by atoms with van der Waals surface area (Å²) in [5.74, 6) is 0.435. The van der Waals surface area contributed by atoms with Gasteiger partial charge in [-0.3, -0.25) is 9.59 Å². The van der Waals surface area contributed by atoms with Gasteiger partial charge in [0.05, 0.1) is 19.3 Å². The molecular weight excluding hydrogens is 298 g/mol. The van der Waals surface area contributed by atoms with Crippen molar-refractivity contribution in [3.05, 3.63) is 23.8 Å². The number of benzene rings is 1. The molecule has 1 aliphatic rings. The number of rotatable bonds is 9. The molecule has 2 rings (SSSR count). The maximum absolute atomic E-state index is 12.3. The fraction of sp³-hybridized carbons (Fsp3) is 0.529. The zero-order valence-electron chi connectivity index (χ0n) is 13.5. The number of carboxylic acid groups (broad SMARTS) is 1. The number of nitrogens with one attached hydrogen (secondary N) is 1. The molecule has 1 aromatic rings. The van der Waals surface area contributed by atoms with E-state index < -0.39 is 5.97 Å². The molecule has 1 atom stereocenters. The van der Waals surface area contributed by atoms with Crippen LogP contribution < -0.4 is 14.8 Å². The fourth-order valence-electron chi connectivity index (χ4n) is 2.16. The molecule has 0 bridgehead atoms. The first-order valence-corrected chi connectivity index (χ1v) is 7.80. The summed E-state index contributed by atoms with van der Waals surface area (Å²) in [5.41, 5.74) is 0.439. The fourth-order valence-corrected chi connectivity index (χ4v) is 2.16. The molecule has 0 aromatic heterocycles. The number of hydrogen-bond acceptors (Lipinski definition) is 4. The Morgan fingerprint density at radius 3 is 2.74 bits per heavy atom. The Morgan fingerprint density at radius 2 is 2.13 bits per heavy atom. The van der Waals surface area contributed by atoms with Gasteiger partial charge in [0.1, 0.15) is 11.5 Å². The Morgan fingerprint density at radius 1 is 1.39 bits per heavy atom. The summed E-state index contributed by atoms with van der Waals surface area (Å²) in [5, 5.41) is 11.5. The van der Waals surface area contributed by atoms with E-state index in [9.17, 15) is 9.59 Å². The Balaban J connectivity index is 2.00. The van der Waals surface area contributed by atoms with E-state index in [2.05, 4.69) is 5.32 Å². The Labute approximate surface area is 135 Å². The van der Waals surface area contributed by atoms with Crippen molar-refractivity contribution in [1.82, 2.24) is 5.32 Å². The molecule has 1 aromatic carbocycles. The first kappa shape index (κ1) is 17.1. The number of carboxylic acids is 1. The highest BCUT2D eigenvalue weighted by molar-refractivity contribution is 5.97. The van der Waals surface area contributed by atoms with E-state index in [1.807, 2.05) is 0 Å². The monoisotopic (exact) mass is 321 g/mol. The molecule has 6 nitrogen and oxygen atoms in total. The van der Waals surface area contributed by atoms with Gasteiger partial charge in [0, 0.05) is 19.0 Å². The van der Waals surface area contributed by atoms with Crippen molar-refractivity contribution in [3.8, 4) is 11.5 Å². The van der Waals surface area contributed by atoms with E-state index >= 15 is 0 Å². The third kappa shape index (κ3) is 5.47. The number of aliphatic carboxylic acids is 1. The molecular formula is C17H23NO5. The molecule has 1 saturated carbocycles. The number of carbonyl (C=O) groups is 2. The van der Waals surface area contributed by atoms with Crippen LogP contribution in [-0.2, 0) is 4.79 Å².